The van der Waals surface area contributed by atoms with Gasteiger partial charge in [0.05, 0.1) is 22.1 Å². The summed E-state index contributed by atoms with van der Waals surface area (Å²) in [5.74, 6) is -0.0993. The molecule has 0 aliphatic carbocycles. The van der Waals surface area contributed by atoms with Gasteiger partial charge in [0, 0.05) is 22.8 Å². The van der Waals surface area contributed by atoms with Crippen LogP contribution in [0.15, 0.2) is 78.1 Å². The summed E-state index contributed by atoms with van der Waals surface area (Å²) in [6, 6.07) is 21.4. The van der Waals surface area contributed by atoms with Crippen molar-refractivity contribution in [1.29, 1.82) is 0 Å². The minimum atomic E-state index is -0.354. The topological polar surface area (TPSA) is 67.8 Å². The second kappa shape index (κ2) is 8.41. The SMILES string of the molecule is Cc1cc(-c2ccccc2)nc(SC(C)C(=O)Nc2cccc3ncccc23)n1. The third-order valence-electron chi connectivity index (χ3n) is 4.46. The molecule has 144 valence electrons. The molecule has 4 aromatic rings. The van der Waals surface area contributed by atoms with E-state index in [0.29, 0.717) is 5.16 Å². The molecule has 0 aliphatic heterocycles. The first-order valence-electron chi connectivity index (χ1n) is 9.32. The number of hydrogen-bond acceptors (Lipinski definition) is 5. The van der Waals surface area contributed by atoms with Crippen molar-refractivity contribution in [2.24, 2.45) is 0 Å². The molecule has 1 N–H and O–H groups in total. The van der Waals surface area contributed by atoms with E-state index < -0.39 is 0 Å². The maximum absolute atomic E-state index is 12.8. The molecule has 1 atom stereocenters. The smallest absolute Gasteiger partial charge is 0.237 e. The molecule has 6 heteroatoms. The average molecular weight is 401 g/mol. The fourth-order valence-corrected chi connectivity index (χ4v) is 3.84. The molecule has 0 bridgehead atoms. The number of carbonyl (C=O) groups excluding carboxylic acids is 1. The maximum atomic E-state index is 12.8. The lowest BCUT2D eigenvalue weighted by atomic mass is 10.1. The lowest BCUT2D eigenvalue weighted by Gasteiger charge is -2.13. The van der Waals surface area contributed by atoms with E-state index in [4.69, 9.17) is 0 Å². The Hall–Kier alpha value is -3.25. The lowest BCUT2D eigenvalue weighted by Crippen LogP contribution is -2.22. The van der Waals surface area contributed by atoms with Crippen molar-refractivity contribution in [2.45, 2.75) is 24.3 Å². The predicted octanol–water partition coefficient (Wildman–Crippen LogP) is 5.12. The molecule has 0 spiro atoms. The van der Waals surface area contributed by atoms with Gasteiger partial charge in [-0.3, -0.25) is 9.78 Å². The van der Waals surface area contributed by atoms with Crippen LogP contribution in [0.25, 0.3) is 22.2 Å². The number of nitrogens with zero attached hydrogens (tertiary/aromatic N) is 3. The van der Waals surface area contributed by atoms with Gasteiger partial charge in [-0.25, -0.2) is 9.97 Å². The van der Waals surface area contributed by atoms with E-state index >= 15 is 0 Å². The van der Waals surface area contributed by atoms with E-state index in [1.807, 2.05) is 80.6 Å². The van der Waals surface area contributed by atoms with E-state index in [2.05, 4.69) is 20.3 Å². The van der Waals surface area contributed by atoms with Crippen LogP contribution in [0.5, 0.6) is 0 Å². The van der Waals surface area contributed by atoms with E-state index in [9.17, 15) is 4.79 Å². The number of fused-ring (bicyclic) bond motifs is 1. The minimum Gasteiger partial charge on any atom is -0.324 e. The van der Waals surface area contributed by atoms with Crippen LogP contribution < -0.4 is 5.32 Å². The number of amides is 1. The Morgan fingerprint density at radius 1 is 1.00 bits per heavy atom. The van der Waals surface area contributed by atoms with Crippen molar-refractivity contribution in [3.05, 3.63) is 78.6 Å². The highest BCUT2D eigenvalue weighted by molar-refractivity contribution is 8.00. The van der Waals surface area contributed by atoms with Crippen LogP contribution >= 0.6 is 11.8 Å². The number of nitrogens with one attached hydrogen (secondary N) is 1. The van der Waals surface area contributed by atoms with Gasteiger partial charge >= 0.3 is 0 Å². The molecule has 4 rings (SSSR count). The Morgan fingerprint density at radius 2 is 1.83 bits per heavy atom. The molecule has 29 heavy (non-hydrogen) atoms. The number of aromatic nitrogens is 3. The molecule has 5 nitrogen and oxygen atoms in total. The zero-order valence-electron chi connectivity index (χ0n) is 16.2. The Kier molecular flexibility index (Phi) is 5.53. The van der Waals surface area contributed by atoms with E-state index in [1.165, 1.54) is 11.8 Å². The summed E-state index contributed by atoms with van der Waals surface area (Å²) in [6.45, 7) is 3.79. The fourth-order valence-electron chi connectivity index (χ4n) is 3.01. The van der Waals surface area contributed by atoms with Crippen LogP contribution in [0, 0.1) is 6.92 Å². The summed E-state index contributed by atoms with van der Waals surface area (Å²) < 4.78 is 0. The zero-order chi connectivity index (χ0) is 20.2. The Labute approximate surface area is 173 Å². The van der Waals surface area contributed by atoms with Gasteiger partial charge in [-0.05, 0) is 44.2 Å². The normalized spacial score (nSPS) is 11.9. The third-order valence-corrected chi connectivity index (χ3v) is 5.42. The first kappa shape index (κ1) is 19.1. The third kappa shape index (κ3) is 4.43. The monoisotopic (exact) mass is 400 g/mol. The zero-order valence-corrected chi connectivity index (χ0v) is 17.0. The molecule has 2 aromatic carbocycles. The van der Waals surface area contributed by atoms with Gasteiger partial charge in [0.1, 0.15) is 0 Å². The largest absolute Gasteiger partial charge is 0.324 e. The van der Waals surface area contributed by atoms with Crippen LogP contribution in [0.4, 0.5) is 5.69 Å². The second-order valence-electron chi connectivity index (χ2n) is 6.67. The van der Waals surface area contributed by atoms with Gasteiger partial charge in [-0.1, -0.05) is 48.2 Å². The average Bonchev–Trinajstić information content (AvgIpc) is 2.74. The van der Waals surface area contributed by atoms with Gasteiger partial charge in [0.15, 0.2) is 5.16 Å². The van der Waals surface area contributed by atoms with Crippen LogP contribution in [0.2, 0.25) is 0 Å². The minimum absolute atomic E-state index is 0.0993. The molecule has 0 saturated heterocycles. The number of aryl methyl sites for hydroxylation is 1. The standard InChI is InChI=1S/C23H20N4OS/c1-15-14-21(17-8-4-3-5-9-17)27-23(25-15)29-16(2)22(28)26-20-12-6-11-19-18(20)10-7-13-24-19/h3-14,16H,1-2H3,(H,26,28). The summed E-state index contributed by atoms with van der Waals surface area (Å²) >= 11 is 1.35. The maximum Gasteiger partial charge on any atom is 0.237 e. The van der Waals surface area contributed by atoms with Gasteiger partial charge in [-0.2, -0.15) is 0 Å². The summed E-state index contributed by atoms with van der Waals surface area (Å²) in [4.78, 5) is 26.3. The van der Waals surface area contributed by atoms with Crippen LogP contribution in [-0.2, 0) is 4.79 Å². The number of hydrogen-bond donors (Lipinski definition) is 1. The summed E-state index contributed by atoms with van der Waals surface area (Å²) in [5.41, 5.74) is 4.35. The van der Waals surface area contributed by atoms with Gasteiger partial charge in [0.2, 0.25) is 5.91 Å². The van der Waals surface area contributed by atoms with Gasteiger partial charge < -0.3 is 5.32 Å². The van der Waals surface area contributed by atoms with E-state index in [-0.39, 0.29) is 11.2 Å². The number of benzene rings is 2. The van der Waals surface area contributed by atoms with Crippen molar-refractivity contribution < 1.29 is 4.79 Å². The van der Waals surface area contributed by atoms with Gasteiger partial charge in [0.25, 0.3) is 0 Å². The van der Waals surface area contributed by atoms with Crippen molar-refractivity contribution >= 4 is 34.3 Å². The fraction of sp³-hybridized carbons (Fsp3) is 0.130. The van der Waals surface area contributed by atoms with E-state index in [1.54, 1.807) is 6.20 Å². The van der Waals surface area contributed by atoms with Crippen molar-refractivity contribution in [3.8, 4) is 11.3 Å². The molecule has 2 heterocycles. The summed E-state index contributed by atoms with van der Waals surface area (Å²) in [5, 5.41) is 4.16. The van der Waals surface area contributed by atoms with Crippen molar-refractivity contribution in [1.82, 2.24) is 15.0 Å². The highest BCUT2D eigenvalue weighted by atomic mass is 32.2. The highest BCUT2D eigenvalue weighted by Crippen LogP contribution is 2.26. The quantitative estimate of drug-likeness (QED) is 0.372. The van der Waals surface area contributed by atoms with Crippen LogP contribution in [-0.4, -0.2) is 26.1 Å². The molecule has 2 aromatic heterocycles. The first-order valence-corrected chi connectivity index (χ1v) is 10.2. The first-order chi connectivity index (χ1) is 14.1. The number of pyridine rings is 1. The predicted molar refractivity (Wildman–Crippen MR) is 118 cm³/mol. The van der Waals surface area contributed by atoms with Crippen LogP contribution in [0.3, 0.4) is 0 Å². The Balaban J connectivity index is 1.52. The van der Waals surface area contributed by atoms with Crippen molar-refractivity contribution in [3.63, 3.8) is 0 Å². The highest BCUT2D eigenvalue weighted by Gasteiger charge is 2.18. The second-order valence-corrected chi connectivity index (χ2v) is 7.98. The number of carbonyl (C=O) groups is 1. The van der Waals surface area contributed by atoms with E-state index in [0.717, 1.165) is 33.5 Å². The molecule has 0 fully saturated rings. The Bertz CT molecular complexity index is 1160. The van der Waals surface area contributed by atoms with Crippen molar-refractivity contribution in [2.75, 3.05) is 5.32 Å². The molecule has 0 aliphatic rings. The molecule has 0 saturated carbocycles. The number of anilines is 1. The molecule has 0 radical (unpaired) electrons. The molecular weight excluding hydrogens is 380 g/mol. The Morgan fingerprint density at radius 3 is 2.66 bits per heavy atom. The van der Waals surface area contributed by atoms with Crippen LogP contribution in [0.1, 0.15) is 12.6 Å². The molecule has 1 amide bonds. The summed E-state index contributed by atoms with van der Waals surface area (Å²) in [7, 11) is 0. The lowest BCUT2D eigenvalue weighted by molar-refractivity contribution is -0.115. The molecule has 1 unspecified atom stereocenters. The number of thioether (sulfide) groups is 1. The molecular formula is C23H20N4OS. The van der Waals surface area contributed by atoms with Gasteiger partial charge in [-0.15, -0.1) is 0 Å². The number of rotatable bonds is 5. The summed E-state index contributed by atoms with van der Waals surface area (Å²) in [6.07, 6.45) is 1.74.